The first kappa shape index (κ1) is 42.7. The van der Waals surface area contributed by atoms with Gasteiger partial charge in [-0.1, -0.05) is 127 Å². The van der Waals surface area contributed by atoms with Gasteiger partial charge in [0.25, 0.3) is 0 Å². The van der Waals surface area contributed by atoms with Gasteiger partial charge in [0.2, 0.25) is 0 Å². The van der Waals surface area contributed by atoms with Crippen molar-refractivity contribution in [2.45, 2.75) is 12.8 Å². The van der Waals surface area contributed by atoms with Crippen LogP contribution in [0.2, 0.25) is 0 Å². The zero-order valence-electron chi connectivity index (χ0n) is 41.9. The van der Waals surface area contributed by atoms with Crippen molar-refractivity contribution >= 4 is 146 Å². The Labute approximate surface area is 454 Å². The van der Waals surface area contributed by atoms with Gasteiger partial charge in [0, 0.05) is 101 Å². The van der Waals surface area contributed by atoms with E-state index in [0.29, 0.717) is 0 Å². The third-order valence-corrected chi connectivity index (χ3v) is 19.2. The minimum atomic E-state index is 0.890. The number of rotatable bonds is 5. The van der Waals surface area contributed by atoms with Gasteiger partial charge in [0.15, 0.2) is 0 Å². The molecule has 1 aliphatic carbocycles. The van der Waals surface area contributed by atoms with Crippen molar-refractivity contribution in [1.82, 2.24) is 9.13 Å². The summed E-state index contributed by atoms with van der Waals surface area (Å²) in [7, 11) is 0. The number of benzene rings is 11. The molecule has 1 aliphatic rings. The maximum absolute atomic E-state index is 6.43. The Morgan fingerprint density at radius 3 is 1.37 bits per heavy atom. The molecule has 0 spiro atoms. The summed E-state index contributed by atoms with van der Waals surface area (Å²) < 4.78 is 22.9. The SMILES string of the molecule is C1=Cc2c(oc3ccc(-n4c5ccc(-c6ccc7c(c6)c6cc(-c8cccc9c8sc8ccccc89)ccc6n7-c6ccc7oc8ccccc8c7c6)cc5c5cc(-c6cccc7c6sc6ccccc67)ccc54)cc23)CC1. The molecule has 6 aromatic heterocycles. The highest BCUT2D eigenvalue weighted by molar-refractivity contribution is 7.26. The van der Waals surface area contributed by atoms with Gasteiger partial charge < -0.3 is 18.0 Å². The van der Waals surface area contributed by atoms with Crippen LogP contribution in [0.5, 0.6) is 0 Å². The summed E-state index contributed by atoms with van der Waals surface area (Å²) in [6.07, 6.45) is 6.45. The first-order chi connectivity index (χ1) is 38.6. The minimum Gasteiger partial charge on any atom is -0.460 e. The highest BCUT2D eigenvalue weighted by Gasteiger charge is 2.22. The average molecular weight is 1030 g/mol. The lowest BCUT2D eigenvalue weighted by atomic mass is 9.98. The molecule has 0 saturated carbocycles. The van der Waals surface area contributed by atoms with Crippen molar-refractivity contribution in [3.8, 4) is 44.8 Å². The first-order valence-corrected chi connectivity index (χ1v) is 28.4. The Balaban J connectivity index is 0.862. The van der Waals surface area contributed by atoms with Gasteiger partial charge in [0.1, 0.15) is 22.5 Å². The Morgan fingerprint density at radius 2 is 0.795 bits per heavy atom. The molecule has 364 valence electrons. The van der Waals surface area contributed by atoms with E-state index in [2.05, 4.69) is 234 Å². The summed E-state index contributed by atoms with van der Waals surface area (Å²) in [5.41, 5.74) is 18.1. The van der Waals surface area contributed by atoms with E-state index >= 15 is 0 Å². The van der Waals surface area contributed by atoms with E-state index in [1.807, 2.05) is 28.7 Å². The number of aryl methyl sites for hydroxylation is 1. The molecular formula is C72H42N2O2S2. The number of nitrogens with zero attached hydrogens (tertiary/aromatic N) is 2. The fourth-order valence-corrected chi connectivity index (χ4v) is 15.7. The molecule has 0 amide bonds. The maximum atomic E-state index is 6.43. The predicted molar refractivity (Wildman–Crippen MR) is 332 cm³/mol. The molecule has 0 aliphatic heterocycles. The van der Waals surface area contributed by atoms with Gasteiger partial charge in [-0.05, 0) is 143 Å². The van der Waals surface area contributed by atoms with Gasteiger partial charge in [-0.15, -0.1) is 22.7 Å². The lowest BCUT2D eigenvalue weighted by molar-refractivity contribution is 0.546. The monoisotopic (exact) mass is 1030 g/mol. The lowest BCUT2D eigenvalue weighted by Crippen LogP contribution is -1.94. The molecule has 0 bridgehead atoms. The molecule has 6 heteroatoms. The van der Waals surface area contributed by atoms with E-state index in [9.17, 15) is 0 Å². The second kappa shape index (κ2) is 16.0. The fourth-order valence-electron chi connectivity index (χ4n) is 13.2. The van der Waals surface area contributed by atoms with E-state index in [1.165, 1.54) is 106 Å². The second-order valence-electron chi connectivity index (χ2n) is 21.0. The van der Waals surface area contributed by atoms with Crippen molar-refractivity contribution in [2.24, 2.45) is 0 Å². The minimum absolute atomic E-state index is 0.890. The molecule has 4 nitrogen and oxygen atoms in total. The molecule has 11 aromatic carbocycles. The molecule has 0 fully saturated rings. The fraction of sp³-hybridized carbons (Fsp3) is 0.0278. The second-order valence-corrected chi connectivity index (χ2v) is 23.1. The Morgan fingerprint density at radius 1 is 0.333 bits per heavy atom. The molecule has 17 aromatic rings. The van der Waals surface area contributed by atoms with E-state index < -0.39 is 0 Å². The molecule has 18 rings (SSSR count). The van der Waals surface area contributed by atoms with E-state index in [1.54, 1.807) is 0 Å². The van der Waals surface area contributed by atoms with Crippen molar-refractivity contribution in [2.75, 3.05) is 0 Å². The van der Waals surface area contributed by atoms with Crippen LogP contribution < -0.4 is 0 Å². The summed E-state index contributed by atoms with van der Waals surface area (Å²) in [5.74, 6) is 1.08. The van der Waals surface area contributed by atoms with Crippen LogP contribution >= 0.6 is 22.7 Å². The van der Waals surface area contributed by atoms with Crippen molar-refractivity contribution in [1.29, 1.82) is 0 Å². The van der Waals surface area contributed by atoms with Gasteiger partial charge in [-0.3, -0.25) is 0 Å². The zero-order chi connectivity index (χ0) is 50.7. The first-order valence-electron chi connectivity index (χ1n) is 26.8. The number of hydrogen-bond donors (Lipinski definition) is 0. The van der Waals surface area contributed by atoms with Crippen LogP contribution in [-0.2, 0) is 6.42 Å². The van der Waals surface area contributed by atoms with Crippen LogP contribution in [0.1, 0.15) is 17.7 Å². The Kier molecular flexibility index (Phi) is 8.79. The molecule has 0 saturated heterocycles. The number of furan rings is 2. The van der Waals surface area contributed by atoms with E-state index in [4.69, 9.17) is 8.83 Å². The number of thiophene rings is 2. The number of aromatic nitrogens is 2. The van der Waals surface area contributed by atoms with Gasteiger partial charge in [-0.2, -0.15) is 0 Å². The molecular weight excluding hydrogens is 989 g/mol. The zero-order valence-corrected chi connectivity index (χ0v) is 43.5. The van der Waals surface area contributed by atoms with Crippen LogP contribution in [0, 0.1) is 0 Å². The largest absolute Gasteiger partial charge is 0.460 e. The normalized spacial score (nSPS) is 13.0. The summed E-state index contributed by atoms with van der Waals surface area (Å²) in [6, 6.07) is 81.2. The Bertz CT molecular complexity index is 5480. The van der Waals surface area contributed by atoms with Gasteiger partial charge in [-0.25, -0.2) is 0 Å². The molecule has 0 radical (unpaired) electrons. The predicted octanol–water partition coefficient (Wildman–Crippen LogP) is 21.2. The highest BCUT2D eigenvalue weighted by atomic mass is 32.1. The molecule has 0 atom stereocenters. The number of fused-ring (bicyclic) bond motifs is 18. The molecule has 0 unspecified atom stereocenters. The van der Waals surface area contributed by atoms with Gasteiger partial charge in [0.05, 0.1) is 22.1 Å². The van der Waals surface area contributed by atoms with Crippen LogP contribution in [0.15, 0.2) is 233 Å². The van der Waals surface area contributed by atoms with Crippen molar-refractivity contribution in [3.05, 3.63) is 236 Å². The highest BCUT2D eigenvalue weighted by Crippen LogP contribution is 2.46. The third kappa shape index (κ3) is 6.10. The van der Waals surface area contributed by atoms with Gasteiger partial charge >= 0.3 is 0 Å². The Hall–Kier alpha value is -9.46. The maximum Gasteiger partial charge on any atom is 0.135 e. The standard InChI is InChI=1S/C72H42N2O2S2/c1-5-19-65-49(11-1)59-39-45(27-33-67(59)75-65)73-61-29-23-41(35-55(61)57-37-43(25-31-63(57)73)47-15-9-17-53-51-13-3-7-21-69(51)77-71(47)53)42-24-30-62-56(36-42)58-38-44(48-16-10-18-54-52-14-4-8-22-70(52)78-72(48)54)26-32-64(58)74(62)46-28-34-68-60(40-46)50-12-2-6-20-66(50)76-68/h1-5,7-19,21-40H,6,20H2. The number of allylic oxidation sites excluding steroid dienone is 1. The van der Waals surface area contributed by atoms with Crippen LogP contribution in [0.25, 0.3) is 168 Å². The number of para-hydroxylation sites is 1. The van der Waals surface area contributed by atoms with E-state index in [0.717, 1.165) is 79.4 Å². The summed E-state index contributed by atoms with van der Waals surface area (Å²) >= 11 is 3.77. The van der Waals surface area contributed by atoms with E-state index in [-0.39, 0.29) is 0 Å². The number of hydrogen-bond acceptors (Lipinski definition) is 4. The summed E-state index contributed by atoms with van der Waals surface area (Å²) in [5, 5.41) is 13.5. The topological polar surface area (TPSA) is 36.1 Å². The lowest BCUT2D eigenvalue weighted by Gasteiger charge is -2.10. The molecule has 6 heterocycles. The quantitative estimate of drug-likeness (QED) is 0.172. The molecule has 0 N–H and O–H groups in total. The van der Waals surface area contributed by atoms with Crippen molar-refractivity contribution in [3.63, 3.8) is 0 Å². The smallest absolute Gasteiger partial charge is 0.135 e. The summed E-state index contributed by atoms with van der Waals surface area (Å²) in [6.45, 7) is 0. The molecule has 78 heavy (non-hydrogen) atoms. The van der Waals surface area contributed by atoms with Crippen LogP contribution in [0.3, 0.4) is 0 Å². The van der Waals surface area contributed by atoms with Crippen LogP contribution in [0.4, 0.5) is 0 Å². The summed E-state index contributed by atoms with van der Waals surface area (Å²) in [4.78, 5) is 0. The van der Waals surface area contributed by atoms with Crippen LogP contribution in [-0.4, -0.2) is 9.13 Å². The van der Waals surface area contributed by atoms with Crippen molar-refractivity contribution < 1.29 is 8.83 Å². The average Bonchev–Trinajstić information content (AvgIpc) is 4.37. The third-order valence-electron chi connectivity index (χ3n) is 16.8.